The lowest BCUT2D eigenvalue weighted by atomic mass is 10.1. The Labute approximate surface area is 148 Å². The quantitative estimate of drug-likeness (QED) is 0.575. The molecule has 0 saturated carbocycles. The molecule has 26 heavy (non-hydrogen) atoms. The molecule has 0 aliphatic carbocycles. The van der Waals surface area contributed by atoms with Gasteiger partial charge in [0.15, 0.2) is 11.2 Å². The van der Waals surface area contributed by atoms with Crippen LogP contribution in [0.1, 0.15) is 5.56 Å². The van der Waals surface area contributed by atoms with Gasteiger partial charge in [0.25, 0.3) is 0 Å². The molecule has 2 aromatic heterocycles. The van der Waals surface area contributed by atoms with Crippen LogP contribution < -0.4 is 5.32 Å². The van der Waals surface area contributed by atoms with Crippen molar-refractivity contribution in [3.8, 4) is 5.69 Å². The molecule has 8 heteroatoms. The monoisotopic (exact) mass is 350 g/mol. The van der Waals surface area contributed by atoms with E-state index < -0.39 is 0 Å². The van der Waals surface area contributed by atoms with Gasteiger partial charge in [0.2, 0.25) is 5.95 Å². The van der Waals surface area contributed by atoms with Gasteiger partial charge in [-0.3, -0.25) is 0 Å². The molecule has 7 nitrogen and oxygen atoms in total. The number of aromatic nitrogens is 5. The molecule has 0 aliphatic rings. The molecule has 2 heterocycles. The highest BCUT2D eigenvalue weighted by Gasteiger charge is 2.11. The number of benzene rings is 2. The summed E-state index contributed by atoms with van der Waals surface area (Å²) in [5.74, 6) is 0.0221. The number of fused-ring (bicyclic) bond motifs is 1. The Hall–Kier alpha value is -3.39. The fourth-order valence-corrected chi connectivity index (χ4v) is 2.58. The third-order valence-corrected chi connectivity index (χ3v) is 3.86. The average Bonchev–Trinajstić information content (AvgIpc) is 3.07. The van der Waals surface area contributed by atoms with Gasteiger partial charge in [-0.05, 0) is 42.3 Å². The molecule has 0 fully saturated rings. The Morgan fingerprint density at radius 2 is 1.96 bits per heavy atom. The smallest absolute Gasteiger partial charge is 0.229 e. The van der Waals surface area contributed by atoms with Crippen LogP contribution in [0.3, 0.4) is 0 Å². The molecule has 130 valence electrons. The van der Waals surface area contributed by atoms with Crippen LogP contribution in [-0.2, 0) is 6.42 Å². The van der Waals surface area contributed by atoms with E-state index in [4.69, 9.17) is 5.11 Å². The van der Waals surface area contributed by atoms with Crippen LogP contribution in [0.5, 0.6) is 0 Å². The Bertz CT molecular complexity index is 1050. The number of rotatable bonds is 5. The third kappa shape index (κ3) is 3.22. The molecule has 0 unspecified atom stereocenters. The van der Waals surface area contributed by atoms with E-state index in [-0.39, 0.29) is 12.4 Å². The number of hydrogen-bond donors (Lipinski definition) is 2. The van der Waals surface area contributed by atoms with Gasteiger partial charge in [0.1, 0.15) is 5.82 Å². The number of halogens is 1. The molecule has 0 amide bonds. The van der Waals surface area contributed by atoms with E-state index in [0.717, 1.165) is 11.3 Å². The van der Waals surface area contributed by atoms with Gasteiger partial charge in [-0.1, -0.05) is 23.4 Å². The van der Waals surface area contributed by atoms with E-state index in [9.17, 15) is 4.39 Å². The van der Waals surface area contributed by atoms with E-state index in [0.29, 0.717) is 29.2 Å². The Morgan fingerprint density at radius 1 is 1.12 bits per heavy atom. The molecular weight excluding hydrogens is 335 g/mol. The molecule has 2 aromatic carbocycles. The maximum atomic E-state index is 13.5. The summed E-state index contributed by atoms with van der Waals surface area (Å²) >= 11 is 0. The molecule has 4 rings (SSSR count). The molecule has 0 atom stereocenters. The second kappa shape index (κ2) is 6.85. The standard InChI is InChI=1S/C18H15FN6O/c19-13-2-1-3-15(10-13)25-17-16(23-24-25)11-20-18(22-17)21-14-6-4-12(5-7-14)8-9-26/h1-7,10-11,26H,8-9H2,(H,20,21,22). The highest BCUT2D eigenvalue weighted by molar-refractivity contribution is 5.72. The van der Waals surface area contributed by atoms with Gasteiger partial charge in [0.05, 0.1) is 11.9 Å². The topological polar surface area (TPSA) is 88.8 Å². The molecule has 0 bridgehead atoms. The lowest BCUT2D eigenvalue weighted by Gasteiger charge is -2.06. The number of aliphatic hydroxyl groups is 1. The molecule has 2 N–H and O–H groups in total. The molecule has 0 saturated heterocycles. The second-order valence-corrected chi connectivity index (χ2v) is 5.68. The number of nitrogens with zero attached hydrogens (tertiary/aromatic N) is 5. The minimum atomic E-state index is -0.360. The first-order valence-electron chi connectivity index (χ1n) is 8.04. The number of nitrogens with one attached hydrogen (secondary N) is 1. The maximum Gasteiger partial charge on any atom is 0.229 e. The second-order valence-electron chi connectivity index (χ2n) is 5.68. The Kier molecular flexibility index (Phi) is 4.24. The fraction of sp³-hybridized carbons (Fsp3) is 0.111. The van der Waals surface area contributed by atoms with Crippen molar-refractivity contribution in [3.05, 3.63) is 66.1 Å². The van der Waals surface area contributed by atoms with E-state index >= 15 is 0 Å². The first-order valence-corrected chi connectivity index (χ1v) is 8.04. The Balaban J connectivity index is 1.65. The first-order chi connectivity index (χ1) is 12.7. The summed E-state index contributed by atoms with van der Waals surface area (Å²) in [7, 11) is 0. The summed E-state index contributed by atoms with van der Waals surface area (Å²) in [6.45, 7) is 0.115. The lowest BCUT2D eigenvalue weighted by Crippen LogP contribution is -2.01. The summed E-state index contributed by atoms with van der Waals surface area (Å²) in [5, 5.41) is 20.1. The Morgan fingerprint density at radius 3 is 2.73 bits per heavy atom. The van der Waals surface area contributed by atoms with Crippen molar-refractivity contribution in [1.82, 2.24) is 25.0 Å². The normalized spacial score (nSPS) is 11.0. The van der Waals surface area contributed by atoms with Gasteiger partial charge < -0.3 is 10.4 Å². The van der Waals surface area contributed by atoms with Crippen molar-refractivity contribution in [1.29, 1.82) is 0 Å². The van der Waals surface area contributed by atoms with Crippen molar-refractivity contribution < 1.29 is 9.50 Å². The largest absolute Gasteiger partial charge is 0.396 e. The fourth-order valence-electron chi connectivity index (χ4n) is 2.58. The van der Waals surface area contributed by atoms with Crippen molar-refractivity contribution in [3.63, 3.8) is 0 Å². The van der Waals surface area contributed by atoms with Gasteiger partial charge in [-0.15, -0.1) is 5.10 Å². The third-order valence-electron chi connectivity index (χ3n) is 3.86. The summed E-state index contributed by atoms with van der Waals surface area (Å²) in [6, 6.07) is 13.7. The zero-order chi connectivity index (χ0) is 17.9. The molecule has 0 aliphatic heterocycles. The van der Waals surface area contributed by atoms with Gasteiger partial charge in [0, 0.05) is 12.3 Å². The van der Waals surface area contributed by atoms with Crippen molar-refractivity contribution in [2.75, 3.05) is 11.9 Å². The van der Waals surface area contributed by atoms with Crippen LogP contribution >= 0.6 is 0 Å². The van der Waals surface area contributed by atoms with Crippen molar-refractivity contribution in [2.24, 2.45) is 0 Å². The van der Waals surface area contributed by atoms with Crippen LogP contribution in [0, 0.1) is 5.82 Å². The van der Waals surface area contributed by atoms with Gasteiger partial charge in [-0.2, -0.15) is 9.67 Å². The van der Waals surface area contributed by atoms with Crippen molar-refractivity contribution >= 4 is 22.8 Å². The van der Waals surface area contributed by atoms with Crippen LogP contribution in [0.15, 0.2) is 54.7 Å². The van der Waals surface area contributed by atoms with Crippen LogP contribution in [0.2, 0.25) is 0 Å². The van der Waals surface area contributed by atoms with E-state index in [1.165, 1.54) is 16.8 Å². The predicted octanol–water partition coefficient (Wildman–Crippen LogP) is 2.63. The highest BCUT2D eigenvalue weighted by atomic mass is 19.1. The van der Waals surface area contributed by atoms with Crippen LogP contribution in [0.4, 0.5) is 16.0 Å². The molecular formula is C18H15FN6O. The van der Waals surface area contributed by atoms with Crippen LogP contribution in [-0.4, -0.2) is 36.7 Å². The van der Waals surface area contributed by atoms with Gasteiger partial charge >= 0.3 is 0 Å². The molecule has 4 aromatic rings. The van der Waals surface area contributed by atoms with Gasteiger partial charge in [-0.25, -0.2) is 9.37 Å². The maximum absolute atomic E-state index is 13.5. The summed E-state index contributed by atoms with van der Waals surface area (Å²) in [4.78, 5) is 8.68. The minimum Gasteiger partial charge on any atom is -0.396 e. The van der Waals surface area contributed by atoms with E-state index in [1.807, 2.05) is 24.3 Å². The first kappa shape index (κ1) is 16.1. The SMILES string of the molecule is OCCc1ccc(Nc2ncc3nnn(-c4cccc(F)c4)c3n2)cc1. The van der Waals surface area contributed by atoms with E-state index in [1.54, 1.807) is 18.3 Å². The lowest BCUT2D eigenvalue weighted by molar-refractivity contribution is 0.299. The zero-order valence-electron chi connectivity index (χ0n) is 13.7. The zero-order valence-corrected chi connectivity index (χ0v) is 13.7. The van der Waals surface area contributed by atoms with E-state index in [2.05, 4.69) is 25.6 Å². The average molecular weight is 350 g/mol. The van der Waals surface area contributed by atoms with Crippen molar-refractivity contribution in [2.45, 2.75) is 6.42 Å². The molecule has 0 spiro atoms. The number of aliphatic hydroxyl groups excluding tert-OH is 1. The summed E-state index contributed by atoms with van der Waals surface area (Å²) in [6.07, 6.45) is 2.18. The number of anilines is 2. The summed E-state index contributed by atoms with van der Waals surface area (Å²) in [5.41, 5.74) is 3.38. The van der Waals surface area contributed by atoms with Crippen LogP contribution in [0.25, 0.3) is 16.9 Å². The summed E-state index contributed by atoms with van der Waals surface area (Å²) < 4.78 is 15.0. The molecule has 0 radical (unpaired) electrons. The highest BCUT2D eigenvalue weighted by Crippen LogP contribution is 2.18. The predicted molar refractivity (Wildman–Crippen MR) is 94.9 cm³/mol. The minimum absolute atomic E-state index is 0.115. The number of hydrogen-bond acceptors (Lipinski definition) is 6.